The van der Waals surface area contributed by atoms with E-state index in [4.69, 9.17) is 0 Å². The van der Waals surface area contributed by atoms with Gasteiger partial charge in [-0.1, -0.05) is 33.1 Å². The number of fused-ring (bicyclic) bond motifs is 1. The lowest BCUT2D eigenvalue weighted by atomic mass is 9.99. The third-order valence-corrected chi connectivity index (χ3v) is 5.66. The third-order valence-electron chi connectivity index (χ3n) is 4.76. The van der Waals surface area contributed by atoms with E-state index in [9.17, 15) is 14.4 Å². The van der Waals surface area contributed by atoms with Crippen molar-refractivity contribution >= 4 is 27.5 Å². The molecule has 1 atom stereocenters. The molecule has 2 aromatic heterocycles. The predicted molar refractivity (Wildman–Crippen MR) is 107 cm³/mol. The molecule has 0 fully saturated rings. The Morgan fingerprint density at radius 2 is 2.08 bits per heavy atom. The first-order valence-corrected chi connectivity index (χ1v) is 10.4. The zero-order valence-electron chi connectivity index (χ0n) is 15.7. The second-order valence-corrected chi connectivity index (χ2v) is 7.64. The minimum Gasteiger partial charge on any atom is -0.356 e. The van der Waals surface area contributed by atoms with E-state index in [1.165, 1.54) is 28.7 Å². The molecule has 0 radical (unpaired) electrons. The zero-order valence-corrected chi connectivity index (χ0v) is 16.5. The van der Waals surface area contributed by atoms with E-state index in [1.807, 2.05) is 0 Å². The van der Waals surface area contributed by atoms with Crippen LogP contribution in [0.2, 0.25) is 0 Å². The summed E-state index contributed by atoms with van der Waals surface area (Å²) in [5.74, 6) is 0.600. The number of aromatic nitrogens is 2. The fourth-order valence-corrected chi connectivity index (χ4v) is 3.82. The molecule has 2 heterocycles. The lowest BCUT2D eigenvalue weighted by molar-refractivity contribution is -0.121. The van der Waals surface area contributed by atoms with Gasteiger partial charge in [-0.25, -0.2) is 4.79 Å². The normalized spacial score (nSPS) is 12.4. The van der Waals surface area contributed by atoms with Gasteiger partial charge in [0.05, 0.1) is 5.52 Å². The average molecular weight is 380 g/mol. The summed E-state index contributed by atoms with van der Waals surface area (Å²) in [5, 5.41) is 4.80. The molecule has 2 aromatic rings. The van der Waals surface area contributed by atoms with Crippen molar-refractivity contribution in [3.63, 3.8) is 0 Å². The fourth-order valence-electron chi connectivity index (χ4n) is 3.02. The molecule has 0 spiro atoms. The summed E-state index contributed by atoms with van der Waals surface area (Å²) in [6.07, 6.45) is 6.33. The number of hydrogen-bond donors (Lipinski definition) is 2. The molecule has 0 aromatic carbocycles. The SMILES string of the molecule is CCCC[C@H](CC)CNC(=O)CCCCn1c(=O)[nH]c2ccsc2c1=O. The zero-order chi connectivity index (χ0) is 18.9. The Morgan fingerprint density at radius 1 is 1.27 bits per heavy atom. The molecule has 6 nitrogen and oxygen atoms in total. The highest BCUT2D eigenvalue weighted by molar-refractivity contribution is 7.17. The first kappa shape index (κ1) is 20.4. The molecule has 2 rings (SSSR count). The van der Waals surface area contributed by atoms with E-state index in [0.717, 1.165) is 19.4 Å². The molecule has 0 aliphatic rings. The number of nitrogens with one attached hydrogen (secondary N) is 2. The van der Waals surface area contributed by atoms with Gasteiger partial charge in [0.2, 0.25) is 5.91 Å². The molecule has 144 valence electrons. The highest BCUT2D eigenvalue weighted by Gasteiger charge is 2.10. The van der Waals surface area contributed by atoms with Crippen LogP contribution in [-0.2, 0) is 11.3 Å². The lowest BCUT2D eigenvalue weighted by Gasteiger charge is -2.15. The van der Waals surface area contributed by atoms with Crippen LogP contribution in [0.3, 0.4) is 0 Å². The molecular weight excluding hydrogens is 350 g/mol. The summed E-state index contributed by atoms with van der Waals surface area (Å²) < 4.78 is 1.80. The molecule has 7 heteroatoms. The van der Waals surface area contributed by atoms with Crippen molar-refractivity contribution in [2.75, 3.05) is 6.54 Å². The molecule has 2 N–H and O–H groups in total. The quantitative estimate of drug-likeness (QED) is 0.588. The predicted octanol–water partition coefficient (Wildman–Crippen LogP) is 3.25. The van der Waals surface area contributed by atoms with E-state index in [1.54, 1.807) is 11.4 Å². The van der Waals surface area contributed by atoms with Crippen molar-refractivity contribution in [2.45, 2.75) is 65.3 Å². The van der Waals surface area contributed by atoms with Crippen molar-refractivity contribution in [1.82, 2.24) is 14.9 Å². The van der Waals surface area contributed by atoms with Gasteiger partial charge in [-0.2, -0.15) is 0 Å². The van der Waals surface area contributed by atoms with Crippen LogP contribution >= 0.6 is 11.3 Å². The second-order valence-electron chi connectivity index (χ2n) is 6.73. The second kappa shape index (κ2) is 10.3. The van der Waals surface area contributed by atoms with Crippen molar-refractivity contribution in [3.05, 3.63) is 32.3 Å². The van der Waals surface area contributed by atoms with E-state index < -0.39 is 0 Å². The van der Waals surface area contributed by atoms with Crippen LogP contribution < -0.4 is 16.6 Å². The third kappa shape index (κ3) is 5.56. The molecule has 0 aliphatic heterocycles. The Balaban J connectivity index is 1.76. The van der Waals surface area contributed by atoms with Crippen LogP contribution in [0.25, 0.3) is 10.2 Å². The van der Waals surface area contributed by atoms with Gasteiger partial charge in [0.1, 0.15) is 4.70 Å². The Bertz CT molecular complexity index is 821. The van der Waals surface area contributed by atoms with Gasteiger partial charge in [0, 0.05) is 19.5 Å². The molecule has 0 aliphatic carbocycles. The number of aromatic amines is 1. The highest BCUT2D eigenvalue weighted by Crippen LogP contribution is 2.13. The van der Waals surface area contributed by atoms with Crippen LogP contribution in [0.4, 0.5) is 0 Å². The molecule has 0 saturated carbocycles. The van der Waals surface area contributed by atoms with Crippen LogP contribution in [0.5, 0.6) is 0 Å². The number of H-pyrrole nitrogens is 1. The standard InChI is InChI=1S/C19H29N3O3S/c1-3-5-8-14(4-2)13-20-16(23)9-6-7-11-22-18(24)17-15(10-12-26-17)21-19(22)25/h10,12,14H,3-9,11,13H2,1-2H3,(H,20,23)(H,21,25)/t14-/m0/s1. The minimum absolute atomic E-state index is 0.0508. The van der Waals surface area contributed by atoms with E-state index >= 15 is 0 Å². The Kier molecular flexibility index (Phi) is 8.09. The summed E-state index contributed by atoms with van der Waals surface area (Å²) in [4.78, 5) is 39.0. The summed E-state index contributed by atoms with van der Waals surface area (Å²) in [6.45, 7) is 5.41. The maximum absolute atomic E-state index is 12.3. The molecule has 1 amide bonds. The first-order chi connectivity index (χ1) is 12.6. The molecular formula is C19H29N3O3S. The Morgan fingerprint density at radius 3 is 2.81 bits per heavy atom. The summed E-state index contributed by atoms with van der Waals surface area (Å²) >= 11 is 1.33. The van der Waals surface area contributed by atoms with Crippen LogP contribution in [-0.4, -0.2) is 22.0 Å². The van der Waals surface area contributed by atoms with Gasteiger partial charge in [-0.3, -0.25) is 14.2 Å². The Labute approximate surface area is 157 Å². The number of thiophene rings is 1. The topological polar surface area (TPSA) is 84.0 Å². The average Bonchev–Trinajstić information content (AvgIpc) is 3.09. The monoisotopic (exact) mass is 379 g/mol. The van der Waals surface area contributed by atoms with Gasteiger partial charge < -0.3 is 10.3 Å². The minimum atomic E-state index is -0.382. The van der Waals surface area contributed by atoms with Gasteiger partial charge >= 0.3 is 5.69 Å². The number of nitrogens with zero attached hydrogens (tertiary/aromatic N) is 1. The summed E-state index contributed by atoms with van der Waals surface area (Å²) in [6, 6.07) is 1.74. The molecule has 0 saturated heterocycles. The van der Waals surface area contributed by atoms with Crippen LogP contribution in [0.15, 0.2) is 21.0 Å². The lowest BCUT2D eigenvalue weighted by Crippen LogP contribution is -2.34. The number of carbonyl (C=O) groups is 1. The van der Waals surface area contributed by atoms with Gasteiger partial charge in [0.25, 0.3) is 5.56 Å². The number of rotatable bonds is 11. The maximum atomic E-state index is 12.3. The van der Waals surface area contributed by atoms with E-state index in [-0.39, 0.29) is 17.2 Å². The van der Waals surface area contributed by atoms with E-state index in [2.05, 4.69) is 24.1 Å². The summed E-state index contributed by atoms with van der Waals surface area (Å²) in [5.41, 5.74) is -0.0360. The van der Waals surface area contributed by atoms with Crippen molar-refractivity contribution in [2.24, 2.45) is 5.92 Å². The molecule has 0 bridgehead atoms. The van der Waals surface area contributed by atoms with Crippen molar-refractivity contribution in [1.29, 1.82) is 0 Å². The van der Waals surface area contributed by atoms with Crippen molar-refractivity contribution < 1.29 is 4.79 Å². The molecule has 26 heavy (non-hydrogen) atoms. The highest BCUT2D eigenvalue weighted by atomic mass is 32.1. The van der Waals surface area contributed by atoms with E-state index in [0.29, 0.717) is 41.9 Å². The number of carbonyl (C=O) groups excluding carboxylic acids is 1. The first-order valence-electron chi connectivity index (χ1n) is 9.53. The smallest absolute Gasteiger partial charge is 0.328 e. The van der Waals surface area contributed by atoms with Gasteiger partial charge in [-0.05, 0) is 36.6 Å². The van der Waals surface area contributed by atoms with Crippen LogP contribution in [0, 0.1) is 5.92 Å². The Hall–Kier alpha value is -1.89. The largest absolute Gasteiger partial charge is 0.356 e. The molecule has 0 unspecified atom stereocenters. The van der Waals surface area contributed by atoms with Gasteiger partial charge in [-0.15, -0.1) is 11.3 Å². The summed E-state index contributed by atoms with van der Waals surface area (Å²) in [7, 11) is 0. The number of unbranched alkanes of at least 4 members (excludes halogenated alkanes) is 2. The van der Waals surface area contributed by atoms with Crippen LogP contribution in [0.1, 0.15) is 58.8 Å². The maximum Gasteiger partial charge on any atom is 0.328 e. The fraction of sp³-hybridized carbons (Fsp3) is 0.632. The number of amides is 1. The van der Waals surface area contributed by atoms with Gasteiger partial charge in [0.15, 0.2) is 0 Å². The van der Waals surface area contributed by atoms with Crippen molar-refractivity contribution in [3.8, 4) is 0 Å². The number of hydrogen-bond acceptors (Lipinski definition) is 4.